The van der Waals surface area contributed by atoms with Crippen molar-refractivity contribution in [1.29, 1.82) is 0 Å². The van der Waals surface area contributed by atoms with E-state index in [9.17, 15) is 9.59 Å². The molecule has 1 N–H and O–H groups in total. The lowest BCUT2D eigenvalue weighted by molar-refractivity contribution is -0.115. The summed E-state index contributed by atoms with van der Waals surface area (Å²) in [6, 6.07) is 11.8. The van der Waals surface area contributed by atoms with Crippen LogP contribution in [0.5, 0.6) is 5.75 Å². The Kier molecular flexibility index (Phi) is 5.25. The van der Waals surface area contributed by atoms with Gasteiger partial charge in [-0.15, -0.1) is 0 Å². The van der Waals surface area contributed by atoms with Crippen LogP contribution in [0.25, 0.3) is 6.08 Å². The van der Waals surface area contributed by atoms with Crippen molar-refractivity contribution in [1.82, 2.24) is 10.3 Å². The summed E-state index contributed by atoms with van der Waals surface area (Å²) in [6.45, 7) is 0.568. The third-order valence-electron chi connectivity index (χ3n) is 4.68. The number of carbonyl (C=O) groups is 2. The predicted molar refractivity (Wildman–Crippen MR) is 106 cm³/mol. The summed E-state index contributed by atoms with van der Waals surface area (Å²) in [5, 5.41) is 1.92. The number of nitrogens with zero attached hydrogens (tertiary/aromatic N) is 1. The number of ether oxygens (including phenoxy) is 1. The molecule has 1 aromatic carbocycles. The van der Waals surface area contributed by atoms with Gasteiger partial charge in [0.2, 0.25) is 0 Å². The summed E-state index contributed by atoms with van der Waals surface area (Å²) in [7, 11) is 0. The van der Waals surface area contributed by atoms with Gasteiger partial charge >= 0.3 is 0 Å². The summed E-state index contributed by atoms with van der Waals surface area (Å²) in [5.74, 6) is 0.428. The Labute approximate surface area is 162 Å². The van der Waals surface area contributed by atoms with Crippen molar-refractivity contribution in [2.75, 3.05) is 6.61 Å². The minimum atomic E-state index is -0.345. The average Bonchev–Trinajstić information content (AvgIpc) is 3.00. The lowest BCUT2D eigenvalue weighted by atomic mass is 9.96. The zero-order valence-corrected chi connectivity index (χ0v) is 15.7. The second-order valence-corrected chi connectivity index (χ2v) is 7.65. The standard InChI is InChI=1S/C21H20N2O3S/c24-20-19(27-21(25)23-20)13-14-5-9-17(10-6-14)26-12-11-16-8-7-15-3-1-2-4-18(15)22-16/h5-10,13H,1-4,11-12H2,(H,23,24,25). The van der Waals surface area contributed by atoms with E-state index in [0.717, 1.165) is 48.0 Å². The minimum absolute atomic E-state index is 0.331. The lowest BCUT2D eigenvalue weighted by Crippen LogP contribution is -2.17. The quantitative estimate of drug-likeness (QED) is 0.797. The van der Waals surface area contributed by atoms with E-state index in [0.29, 0.717) is 11.5 Å². The second-order valence-electron chi connectivity index (χ2n) is 6.64. The number of benzene rings is 1. The molecule has 1 fully saturated rings. The van der Waals surface area contributed by atoms with E-state index in [-0.39, 0.29) is 11.1 Å². The van der Waals surface area contributed by atoms with Crippen LogP contribution in [0.4, 0.5) is 4.79 Å². The van der Waals surface area contributed by atoms with Gasteiger partial charge in [-0.1, -0.05) is 18.2 Å². The zero-order chi connectivity index (χ0) is 18.6. The molecule has 2 heterocycles. The fourth-order valence-corrected chi connectivity index (χ4v) is 3.95. The number of aryl methyl sites for hydroxylation is 2. The van der Waals surface area contributed by atoms with E-state index >= 15 is 0 Å². The van der Waals surface area contributed by atoms with Crippen LogP contribution in [0.2, 0.25) is 0 Å². The van der Waals surface area contributed by atoms with Gasteiger partial charge in [0.15, 0.2) is 0 Å². The minimum Gasteiger partial charge on any atom is -0.493 e. The molecule has 0 saturated carbocycles. The van der Waals surface area contributed by atoms with Crippen LogP contribution in [-0.2, 0) is 24.1 Å². The number of nitrogens with one attached hydrogen (secondary N) is 1. The van der Waals surface area contributed by atoms with Gasteiger partial charge in [0.1, 0.15) is 5.75 Å². The van der Waals surface area contributed by atoms with Gasteiger partial charge in [0.05, 0.1) is 11.5 Å². The number of rotatable bonds is 5. The van der Waals surface area contributed by atoms with Gasteiger partial charge in [-0.3, -0.25) is 19.9 Å². The molecule has 6 heteroatoms. The van der Waals surface area contributed by atoms with Crippen molar-refractivity contribution in [3.8, 4) is 5.75 Å². The lowest BCUT2D eigenvalue weighted by Gasteiger charge is -2.15. The highest BCUT2D eigenvalue weighted by molar-refractivity contribution is 8.18. The molecule has 0 unspecified atom stereocenters. The molecule has 5 nitrogen and oxygen atoms in total. The fourth-order valence-electron chi connectivity index (χ4n) is 3.27. The SMILES string of the molecule is O=C1NC(=O)C(=Cc2ccc(OCCc3ccc4c(n3)CCCC4)cc2)S1. The molecule has 2 aromatic rings. The Hall–Kier alpha value is -2.60. The van der Waals surface area contributed by atoms with Gasteiger partial charge in [-0.05, 0) is 72.8 Å². The molecule has 1 aliphatic carbocycles. The van der Waals surface area contributed by atoms with Gasteiger partial charge in [-0.25, -0.2) is 0 Å². The number of aromatic nitrogens is 1. The molecular formula is C21H20N2O3S. The summed E-state index contributed by atoms with van der Waals surface area (Å²) >= 11 is 0.917. The average molecular weight is 380 g/mol. The number of pyridine rings is 1. The number of imide groups is 1. The first-order valence-electron chi connectivity index (χ1n) is 9.13. The zero-order valence-electron chi connectivity index (χ0n) is 14.9. The largest absolute Gasteiger partial charge is 0.493 e. The van der Waals surface area contributed by atoms with Crippen LogP contribution in [0.15, 0.2) is 41.3 Å². The van der Waals surface area contributed by atoms with Gasteiger partial charge in [0, 0.05) is 17.8 Å². The van der Waals surface area contributed by atoms with Crippen molar-refractivity contribution in [2.45, 2.75) is 32.1 Å². The van der Waals surface area contributed by atoms with Gasteiger partial charge < -0.3 is 4.74 Å². The van der Waals surface area contributed by atoms with Crippen molar-refractivity contribution in [3.05, 3.63) is 63.8 Å². The Bertz CT molecular complexity index is 906. The molecular weight excluding hydrogens is 360 g/mol. The van der Waals surface area contributed by atoms with E-state index in [4.69, 9.17) is 9.72 Å². The third-order valence-corrected chi connectivity index (χ3v) is 5.49. The molecule has 2 amide bonds. The molecule has 1 aliphatic heterocycles. The highest BCUT2D eigenvalue weighted by atomic mass is 32.2. The second kappa shape index (κ2) is 7.96. The van der Waals surface area contributed by atoms with Crippen LogP contribution in [-0.4, -0.2) is 22.7 Å². The Morgan fingerprint density at radius 1 is 1.07 bits per heavy atom. The van der Waals surface area contributed by atoms with Crippen molar-refractivity contribution >= 4 is 29.0 Å². The normalized spacial score (nSPS) is 17.7. The molecule has 2 aliphatic rings. The van der Waals surface area contributed by atoms with E-state index in [1.54, 1.807) is 6.08 Å². The Morgan fingerprint density at radius 3 is 2.67 bits per heavy atom. The van der Waals surface area contributed by atoms with Crippen LogP contribution in [0, 0.1) is 0 Å². The summed E-state index contributed by atoms with van der Waals surface area (Å²) in [4.78, 5) is 27.9. The third kappa shape index (κ3) is 4.39. The maximum atomic E-state index is 11.6. The molecule has 1 aromatic heterocycles. The van der Waals surface area contributed by atoms with Crippen molar-refractivity contribution in [3.63, 3.8) is 0 Å². The predicted octanol–water partition coefficient (Wildman–Crippen LogP) is 3.91. The molecule has 0 spiro atoms. The molecule has 0 atom stereocenters. The summed E-state index contributed by atoms with van der Waals surface area (Å²) < 4.78 is 5.82. The fraction of sp³-hybridized carbons (Fsp3) is 0.286. The molecule has 0 radical (unpaired) electrons. The first kappa shape index (κ1) is 17.8. The smallest absolute Gasteiger partial charge is 0.290 e. The monoisotopic (exact) mass is 380 g/mol. The highest BCUT2D eigenvalue weighted by Gasteiger charge is 2.24. The number of hydrogen-bond acceptors (Lipinski definition) is 5. The molecule has 4 rings (SSSR count). The van der Waals surface area contributed by atoms with Gasteiger partial charge in [0.25, 0.3) is 11.1 Å². The van der Waals surface area contributed by atoms with Crippen LogP contribution in [0.1, 0.15) is 35.4 Å². The molecule has 27 heavy (non-hydrogen) atoms. The first-order chi connectivity index (χ1) is 13.2. The first-order valence-corrected chi connectivity index (χ1v) is 9.94. The molecule has 138 valence electrons. The Balaban J connectivity index is 1.32. The topological polar surface area (TPSA) is 68.3 Å². The van der Waals surface area contributed by atoms with Crippen LogP contribution < -0.4 is 10.1 Å². The van der Waals surface area contributed by atoms with Crippen molar-refractivity contribution < 1.29 is 14.3 Å². The summed E-state index contributed by atoms with van der Waals surface area (Å²) in [5.41, 5.74) is 4.58. The summed E-state index contributed by atoms with van der Waals surface area (Å²) in [6.07, 6.45) is 7.21. The van der Waals surface area contributed by atoms with Crippen LogP contribution in [0.3, 0.4) is 0 Å². The molecule has 0 bridgehead atoms. The number of fused-ring (bicyclic) bond motifs is 1. The van der Waals surface area contributed by atoms with Crippen molar-refractivity contribution in [2.24, 2.45) is 0 Å². The molecule has 1 saturated heterocycles. The Morgan fingerprint density at radius 2 is 1.89 bits per heavy atom. The number of thioether (sulfide) groups is 1. The number of hydrogen-bond donors (Lipinski definition) is 1. The number of carbonyl (C=O) groups excluding carboxylic acids is 2. The highest BCUT2D eigenvalue weighted by Crippen LogP contribution is 2.26. The maximum Gasteiger partial charge on any atom is 0.290 e. The van der Waals surface area contributed by atoms with Crippen LogP contribution >= 0.6 is 11.8 Å². The van der Waals surface area contributed by atoms with Gasteiger partial charge in [-0.2, -0.15) is 0 Å². The van der Waals surface area contributed by atoms with E-state index in [2.05, 4.69) is 17.4 Å². The van der Waals surface area contributed by atoms with E-state index in [1.165, 1.54) is 24.1 Å². The van der Waals surface area contributed by atoms with E-state index < -0.39 is 0 Å². The number of amides is 2. The maximum absolute atomic E-state index is 11.6. The van der Waals surface area contributed by atoms with E-state index in [1.807, 2.05) is 24.3 Å².